The van der Waals surface area contributed by atoms with Crippen molar-refractivity contribution in [2.75, 3.05) is 19.8 Å². The van der Waals surface area contributed by atoms with E-state index in [0.29, 0.717) is 19.8 Å². The van der Waals surface area contributed by atoms with Crippen molar-refractivity contribution < 1.29 is 18.9 Å². The van der Waals surface area contributed by atoms with Gasteiger partial charge < -0.3 is 18.9 Å². The number of hydrogen-bond donors (Lipinski definition) is 0. The first-order chi connectivity index (χ1) is 14.5. The topological polar surface area (TPSA) is 36.9 Å². The molecule has 2 aromatic carbocycles. The molecule has 30 heavy (non-hydrogen) atoms. The fraction of sp³-hybridized carbons (Fsp3) is 0.308. The summed E-state index contributed by atoms with van der Waals surface area (Å²) in [6, 6.07) is 10.0. The van der Waals surface area contributed by atoms with Gasteiger partial charge in [-0.05, 0) is 62.8 Å². The Morgan fingerprint density at radius 3 is 2.83 bits per heavy atom. The molecule has 2 aliphatic rings. The van der Waals surface area contributed by atoms with Crippen molar-refractivity contribution in [1.29, 1.82) is 0 Å². The standard InChI is InChI=1S/C26H28O4/c1-5-13-27-20-8-9-21(24(16-20)28-14-6-2)19-15-18-7-10-23-22(25(18)29-17-19)11-12-26(3,4)30-23/h6-12,15-16H,2,5,13-14,17H2,1,3-4H3. The number of ether oxygens (including phenoxy) is 4. The third-order valence-electron chi connectivity index (χ3n) is 5.04. The van der Waals surface area contributed by atoms with Gasteiger partial charge in [-0.15, -0.1) is 0 Å². The predicted molar refractivity (Wildman–Crippen MR) is 121 cm³/mol. The van der Waals surface area contributed by atoms with E-state index in [1.807, 2.05) is 44.2 Å². The highest BCUT2D eigenvalue weighted by Gasteiger charge is 2.27. The second-order valence-corrected chi connectivity index (χ2v) is 8.00. The second-order valence-electron chi connectivity index (χ2n) is 8.00. The molecule has 2 heterocycles. The lowest BCUT2D eigenvalue weighted by Gasteiger charge is -2.30. The Labute approximate surface area is 178 Å². The molecule has 4 nitrogen and oxygen atoms in total. The van der Waals surface area contributed by atoms with Crippen LogP contribution in [-0.4, -0.2) is 25.4 Å². The van der Waals surface area contributed by atoms with Crippen LogP contribution < -0.4 is 18.9 Å². The molecule has 2 aliphatic heterocycles. The molecule has 4 heteroatoms. The number of fused-ring (bicyclic) bond motifs is 3. The smallest absolute Gasteiger partial charge is 0.137 e. The minimum Gasteiger partial charge on any atom is -0.493 e. The molecule has 0 saturated heterocycles. The number of rotatable bonds is 7. The molecule has 0 aromatic heterocycles. The van der Waals surface area contributed by atoms with Crippen molar-refractivity contribution in [3.05, 3.63) is 65.8 Å². The van der Waals surface area contributed by atoms with E-state index in [1.54, 1.807) is 6.08 Å². The summed E-state index contributed by atoms with van der Waals surface area (Å²) in [7, 11) is 0. The van der Waals surface area contributed by atoms with E-state index in [4.69, 9.17) is 18.9 Å². The molecular weight excluding hydrogens is 376 g/mol. The summed E-state index contributed by atoms with van der Waals surface area (Å²) in [5.41, 5.74) is 3.77. The van der Waals surface area contributed by atoms with Gasteiger partial charge in [-0.1, -0.05) is 19.6 Å². The van der Waals surface area contributed by atoms with Crippen LogP contribution in [0, 0.1) is 0 Å². The zero-order chi connectivity index (χ0) is 21.1. The molecule has 0 atom stereocenters. The maximum atomic E-state index is 6.21. The van der Waals surface area contributed by atoms with Crippen molar-refractivity contribution in [2.24, 2.45) is 0 Å². The molecule has 0 fully saturated rings. The fourth-order valence-corrected chi connectivity index (χ4v) is 3.60. The third-order valence-corrected chi connectivity index (χ3v) is 5.04. The molecule has 0 bridgehead atoms. The van der Waals surface area contributed by atoms with Gasteiger partial charge in [0.25, 0.3) is 0 Å². The Morgan fingerprint density at radius 2 is 2.03 bits per heavy atom. The Bertz CT molecular complexity index is 1010. The quantitative estimate of drug-likeness (QED) is 0.518. The Hall–Kier alpha value is -3.14. The average molecular weight is 405 g/mol. The van der Waals surface area contributed by atoms with E-state index in [1.165, 1.54) is 0 Å². The summed E-state index contributed by atoms with van der Waals surface area (Å²) >= 11 is 0. The molecule has 0 unspecified atom stereocenters. The summed E-state index contributed by atoms with van der Waals surface area (Å²) in [6.45, 7) is 11.5. The van der Waals surface area contributed by atoms with Gasteiger partial charge in [-0.3, -0.25) is 0 Å². The molecule has 0 radical (unpaired) electrons. The SMILES string of the molecule is C=CCOc1cc(OCCC)ccc1C1=Cc2ccc3c(c2OC1)C=CC(C)(C)O3. The van der Waals surface area contributed by atoms with Crippen LogP contribution in [0.3, 0.4) is 0 Å². The van der Waals surface area contributed by atoms with E-state index >= 15 is 0 Å². The first kappa shape index (κ1) is 20.1. The first-order valence-corrected chi connectivity index (χ1v) is 10.4. The molecule has 0 saturated carbocycles. The second kappa shape index (κ2) is 8.31. The van der Waals surface area contributed by atoms with Crippen LogP contribution in [0.15, 0.2) is 49.1 Å². The summed E-state index contributed by atoms with van der Waals surface area (Å²) in [6.07, 6.45) is 9.02. The van der Waals surface area contributed by atoms with Gasteiger partial charge in [0.2, 0.25) is 0 Å². The highest BCUT2D eigenvalue weighted by molar-refractivity contribution is 5.90. The summed E-state index contributed by atoms with van der Waals surface area (Å²) in [5, 5.41) is 0. The Morgan fingerprint density at radius 1 is 1.17 bits per heavy atom. The van der Waals surface area contributed by atoms with Crippen LogP contribution in [0.4, 0.5) is 0 Å². The van der Waals surface area contributed by atoms with Gasteiger partial charge in [0.1, 0.15) is 41.8 Å². The molecule has 0 amide bonds. The molecule has 0 N–H and O–H groups in total. The van der Waals surface area contributed by atoms with Crippen LogP contribution in [0.25, 0.3) is 17.7 Å². The minimum absolute atomic E-state index is 0.310. The largest absolute Gasteiger partial charge is 0.493 e. The van der Waals surface area contributed by atoms with Gasteiger partial charge >= 0.3 is 0 Å². The van der Waals surface area contributed by atoms with Crippen LogP contribution in [0.2, 0.25) is 0 Å². The lowest BCUT2D eigenvalue weighted by atomic mass is 9.95. The van der Waals surface area contributed by atoms with Crippen molar-refractivity contribution >= 4 is 17.7 Å². The van der Waals surface area contributed by atoms with E-state index in [0.717, 1.165) is 51.7 Å². The first-order valence-electron chi connectivity index (χ1n) is 10.4. The third kappa shape index (κ3) is 4.09. The lowest BCUT2D eigenvalue weighted by molar-refractivity contribution is 0.158. The van der Waals surface area contributed by atoms with Gasteiger partial charge in [0, 0.05) is 22.8 Å². The highest BCUT2D eigenvalue weighted by Crippen LogP contribution is 2.43. The average Bonchev–Trinajstić information content (AvgIpc) is 2.75. The summed E-state index contributed by atoms with van der Waals surface area (Å²) in [5.74, 6) is 3.28. The Kier molecular flexibility index (Phi) is 5.58. The Balaban J connectivity index is 1.69. The summed E-state index contributed by atoms with van der Waals surface area (Å²) in [4.78, 5) is 0. The van der Waals surface area contributed by atoms with Crippen LogP contribution >= 0.6 is 0 Å². The van der Waals surface area contributed by atoms with E-state index < -0.39 is 0 Å². The molecular formula is C26H28O4. The van der Waals surface area contributed by atoms with Gasteiger partial charge in [-0.2, -0.15) is 0 Å². The number of hydrogen-bond acceptors (Lipinski definition) is 4. The fourth-order valence-electron chi connectivity index (χ4n) is 3.60. The molecule has 156 valence electrons. The van der Waals surface area contributed by atoms with Crippen LogP contribution in [0.1, 0.15) is 43.9 Å². The molecule has 0 spiro atoms. The van der Waals surface area contributed by atoms with E-state index in [2.05, 4.69) is 31.7 Å². The predicted octanol–water partition coefficient (Wildman–Crippen LogP) is 6.16. The normalized spacial score (nSPS) is 15.8. The van der Waals surface area contributed by atoms with Crippen molar-refractivity contribution in [2.45, 2.75) is 32.8 Å². The monoisotopic (exact) mass is 404 g/mol. The van der Waals surface area contributed by atoms with Gasteiger partial charge in [0.15, 0.2) is 0 Å². The van der Waals surface area contributed by atoms with Crippen molar-refractivity contribution in [3.8, 4) is 23.0 Å². The molecule has 2 aromatic rings. The maximum Gasteiger partial charge on any atom is 0.137 e. The van der Waals surface area contributed by atoms with Crippen molar-refractivity contribution in [3.63, 3.8) is 0 Å². The maximum absolute atomic E-state index is 6.21. The zero-order valence-electron chi connectivity index (χ0n) is 17.9. The number of benzene rings is 2. The minimum atomic E-state index is -0.310. The van der Waals surface area contributed by atoms with Crippen molar-refractivity contribution in [1.82, 2.24) is 0 Å². The van der Waals surface area contributed by atoms with E-state index in [-0.39, 0.29) is 5.60 Å². The lowest BCUT2D eigenvalue weighted by Crippen LogP contribution is -2.27. The van der Waals surface area contributed by atoms with Crippen LogP contribution in [-0.2, 0) is 0 Å². The van der Waals surface area contributed by atoms with Gasteiger partial charge in [-0.25, -0.2) is 0 Å². The molecule has 0 aliphatic carbocycles. The summed E-state index contributed by atoms with van der Waals surface area (Å²) < 4.78 is 24.0. The van der Waals surface area contributed by atoms with Crippen LogP contribution in [0.5, 0.6) is 23.0 Å². The molecule has 4 rings (SSSR count). The highest BCUT2D eigenvalue weighted by atomic mass is 16.5. The van der Waals surface area contributed by atoms with Gasteiger partial charge in [0.05, 0.1) is 12.2 Å². The van der Waals surface area contributed by atoms with E-state index in [9.17, 15) is 0 Å². The zero-order valence-corrected chi connectivity index (χ0v) is 17.9.